The van der Waals surface area contributed by atoms with Crippen LogP contribution < -0.4 is 15.4 Å². The average molecular weight is 380 g/mol. The van der Waals surface area contributed by atoms with Gasteiger partial charge in [-0.2, -0.15) is 0 Å². The molecule has 0 bridgehead atoms. The lowest BCUT2D eigenvalue weighted by atomic mass is 10.2. The summed E-state index contributed by atoms with van der Waals surface area (Å²) in [6, 6.07) is 11.6. The number of anilines is 2. The molecule has 0 radical (unpaired) electrons. The number of nitrogens with zero attached hydrogens (tertiary/aromatic N) is 1. The fourth-order valence-electron chi connectivity index (χ4n) is 1.87. The van der Waals surface area contributed by atoms with Crippen molar-refractivity contribution in [2.75, 3.05) is 24.3 Å². The maximum atomic E-state index is 12.0. The number of benzene rings is 2. The molecule has 0 aliphatic rings. The molecule has 23 heavy (non-hydrogen) atoms. The lowest BCUT2D eigenvalue weighted by Gasteiger charge is -2.10. The van der Waals surface area contributed by atoms with Crippen molar-refractivity contribution in [3.63, 3.8) is 0 Å². The lowest BCUT2D eigenvalue weighted by Crippen LogP contribution is -2.22. The molecule has 2 aromatic carbocycles. The molecule has 0 saturated heterocycles. The number of nitro benzene ring substituents is 1. The summed E-state index contributed by atoms with van der Waals surface area (Å²) >= 11 is 3.36. The summed E-state index contributed by atoms with van der Waals surface area (Å²) in [6.07, 6.45) is 0. The van der Waals surface area contributed by atoms with Crippen molar-refractivity contribution < 1.29 is 14.5 Å². The Balaban J connectivity index is 2.05. The summed E-state index contributed by atoms with van der Waals surface area (Å²) < 4.78 is 5.77. The van der Waals surface area contributed by atoms with Crippen molar-refractivity contribution in [3.8, 4) is 5.75 Å². The van der Waals surface area contributed by atoms with E-state index in [0.29, 0.717) is 5.75 Å². The van der Waals surface area contributed by atoms with Crippen molar-refractivity contribution in [1.82, 2.24) is 0 Å². The molecule has 0 saturated carbocycles. The van der Waals surface area contributed by atoms with E-state index < -0.39 is 10.8 Å². The van der Waals surface area contributed by atoms with Gasteiger partial charge in [0.1, 0.15) is 11.4 Å². The standard InChI is InChI=1S/C15H14BrN3O4/c1-23-10-6-7-13(14(8-10)19(21)22)18-15(20)9-17-12-5-3-2-4-11(12)16/h2-8,17H,9H2,1H3,(H,18,20). The van der Waals surface area contributed by atoms with Gasteiger partial charge in [-0.15, -0.1) is 0 Å². The van der Waals surface area contributed by atoms with E-state index in [1.54, 1.807) is 6.07 Å². The van der Waals surface area contributed by atoms with E-state index in [9.17, 15) is 14.9 Å². The smallest absolute Gasteiger partial charge is 0.296 e. The van der Waals surface area contributed by atoms with Gasteiger partial charge in [0.15, 0.2) is 0 Å². The number of hydrogen-bond acceptors (Lipinski definition) is 5. The molecule has 8 heteroatoms. The number of hydrogen-bond donors (Lipinski definition) is 2. The van der Waals surface area contributed by atoms with Crippen LogP contribution in [0.3, 0.4) is 0 Å². The highest BCUT2D eigenvalue weighted by atomic mass is 79.9. The van der Waals surface area contributed by atoms with Gasteiger partial charge in [0.2, 0.25) is 5.91 Å². The summed E-state index contributed by atoms with van der Waals surface area (Å²) in [5.74, 6) is -0.0462. The average Bonchev–Trinajstić information content (AvgIpc) is 2.54. The van der Waals surface area contributed by atoms with Gasteiger partial charge in [0, 0.05) is 10.2 Å². The molecule has 0 fully saturated rings. The molecule has 0 aliphatic heterocycles. The monoisotopic (exact) mass is 379 g/mol. The summed E-state index contributed by atoms with van der Waals surface area (Å²) in [5, 5.41) is 16.5. The van der Waals surface area contributed by atoms with Gasteiger partial charge in [-0.25, -0.2) is 0 Å². The third-order valence-corrected chi connectivity index (χ3v) is 3.68. The number of halogens is 1. The van der Waals surface area contributed by atoms with Gasteiger partial charge < -0.3 is 15.4 Å². The Morgan fingerprint density at radius 2 is 2.00 bits per heavy atom. The van der Waals surface area contributed by atoms with Crippen molar-refractivity contribution in [2.24, 2.45) is 0 Å². The quantitative estimate of drug-likeness (QED) is 0.592. The highest BCUT2D eigenvalue weighted by molar-refractivity contribution is 9.10. The molecule has 1 amide bonds. The van der Waals surface area contributed by atoms with Crippen LogP contribution in [0.2, 0.25) is 0 Å². The molecule has 0 aliphatic carbocycles. The Morgan fingerprint density at radius 1 is 1.26 bits per heavy atom. The first-order valence-corrected chi connectivity index (χ1v) is 7.41. The minimum atomic E-state index is -0.570. The predicted molar refractivity (Wildman–Crippen MR) is 90.9 cm³/mol. The summed E-state index contributed by atoms with van der Waals surface area (Å²) in [4.78, 5) is 22.5. The number of nitrogens with one attached hydrogen (secondary N) is 2. The molecule has 0 unspecified atom stereocenters. The Labute approximate surface area is 140 Å². The Hall–Kier alpha value is -2.61. The van der Waals surface area contributed by atoms with E-state index in [0.717, 1.165) is 10.2 Å². The molecular weight excluding hydrogens is 366 g/mol. The topological polar surface area (TPSA) is 93.5 Å². The Bertz CT molecular complexity index is 736. The number of nitro groups is 1. The fraction of sp³-hybridized carbons (Fsp3) is 0.133. The molecular formula is C15H14BrN3O4. The van der Waals surface area contributed by atoms with Crippen LogP contribution in [-0.2, 0) is 4.79 Å². The van der Waals surface area contributed by atoms with Crippen molar-refractivity contribution >= 4 is 38.9 Å². The van der Waals surface area contributed by atoms with E-state index in [4.69, 9.17) is 4.74 Å². The minimum Gasteiger partial charge on any atom is -0.496 e. The number of rotatable bonds is 6. The highest BCUT2D eigenvalue weighted by Crippen LogP contribution is 2.29. The van der Waals surface area contributed by atoms with Crippen LogP contribution in [0, 0.1) is 10.1 Å². The molecule has 120 valence electrons. The van der Waals surface area contributed by atoms with Gasteiger partial charge in [-0.3, -0.25) is 14.9 Å². The second-order valence-corrected chi connectivity index (χ2v) is 5.38. The normalized spacial score (nSPS) is 10.0. The van der Waals surface area contributed by atoms with Crippen molar-refractivity contribution in [2.45, 2.75) is 0 Å². The Kier molecular flexibility index (Phi) is 5.53. The zero-order valence-corrected chi connectivity index (χ0v) is 13.8. The maximum absolute atomic E-state index is 12.0. The number of carbonyl (C=O) groups excluding carboxylic acids is 1. The van der Waals surface area contributed by atoms with Gasteiger partial charge in [0.05, 0.1) is 24.6 Å². The van der Waals surface area contributed by atoms with Crippen molar-refractivity contribution in [1.29, 1.82) is 0 Å². The van der Waals surface area contributed by atoms with E-state index in [-0.39, 0.29) is 17.9 Å². The molecule has 2 N–H and O–H groups in total. The molecule has 0 atom stereocenters. The first-order valence-electron chi connectivity index (χ1n) is 6.62. The number of ether oxygens (including phenoxy) is 1. The zero-order chi connectivity index (χ0) is 16.8. The number of amides is 1. The van der Waals surface area contributed by atoms with Gasteiger partial charge >= 0.3 is 0 Å². The maximum Gasteiger partial charge on any atom is 0.296 e. The van der Waals surface area contributed by atoms with Crippen LogP contribution >= 0.6 is 15.9 Å². The third-order valence-electron chi connectivity index (χ3n) is 2.99. The third kappa shape index (κ3) is 4.43. The van der Waals surface area contributed by atoms with Crippen LogP contribution in [0.15, 0.2) is 46.9 Å². The largest absolute Gasteiger partial charge is 0.496 e. The summed E-state index contributed by atoms with van der Waals surface area (Å²) in [6.45, 7) is -0.0220. The number of carbonyl (C=O) groups is 1. The van der Waals surface area contributed by atoms with Crippen molar-refractivity contribution in [3.05, 3.63) is 57.1 Å². The SMILES string of the molecule is COc1ccc(NC(=O)CNc2ccccc2Br)c([N+](=O)[O-])c1. The zero-order valence-electron chi connectivity index (χ0n) is 12.2. The number of para-hydroxylation sites is 1. The second kappa shape index (κ2) is 7.59. The second-order valence-electron chi connectivity index (χ2n) is 4.52. The summed E-state index contributed by atoms with van der Waals surface area (Å²) in [5.41, 5.74) is 0.653. The lowest BCUT2D eigenvalue weighted by molar-refractivity contribution is -0.384. The van der Waals surface area contributed by atoms with E-state index in [1.165, 1.54) is 19.2 Å². The first kappa shape index (κ1) is 16.8. The van der Waals surface area contributed by atoms with E-state index in [1.807, 2.05) is 24.3 Å². The first-order chi connectivity index (χ1) is 11.0. The van der Waals surface area contributed by atoms with Crippen LogP contribution in [0.5, 0.6) is 5.75 Å². The van der Waals surface area contributed by atoms with E-state index in [2.05, 4.69) is 26.6 Å². The summed E-state index contributed by atoms with van der Waals surface area (Å²) in [7, 11) is 1.42. The van der Waals surface area contributed by atoms with E-state index >= 15 is 0 Å². The molecule has 0 aromatic heterocycles. The van der Waals surface area contributed by atoms with Crippen LogP contribution in [0.25, 0.3) is 0 Å². The van der Waals surface area contributed by atoms with Crippen LogP contribution in [0.1, 0.15) is 0 Å². The molecule has 2 aromatic rings. The van der Waals surface area contributed by atoms with Gasteiger partial charge in [-0.1, -0.05) is 12.1 Å². The fourth-order valence-corrected chi connectivity index (χ4v) is 2.29. The molecule has 0 heterocycles. The minimum absolute atomic E-state index is 0.0220. The molecule has 0 spiro atoms. The van der Waals surface area contributed by atoms with Gasteiger partial charge in [0.25, 0.3) is 5.69 Å². The predicted octanol–water partition coefficient (Wildman–Crippen LogP) is 3.42. The highest BCUT2D eigenvalue weighted by Gasteiger charge is 2.17. The van der Waals surface area contributed by atoms with Gasteiger partial charge in [-0.05, 0) is 40.2 Å². The van der Waals surface area contributed by atoms with Crippen LogP contribution in [0.4, 0.5) is 17.1 Å². The van der Waals surface area contributed by atoms with Crippen LogP contribution in [-0.4, -0.2) is 24.5 Å². The number of methoxy groups -OCH3 is 1. The molecule has 7 nitrogen and oxygen atoms in total. The Morgan fingerprint density at radius 3 is 2.65 bits per heavy atom. The molecule has 2 rings (SSSR count).